The van der Waals surface area contributed by atoms with Gasteiger partial charge in [0.25, 0.3) is 5.91 Å². The van der Waals surface area contributed by atoms with Gasteiger partial charge in [-0.1, -0.05) is 6.92 Å². The number of hydrogen-bond acceptors (Lipinski definition) is 1. The fourth-order valence-electron chi connectivity index (χ4n) is 1.19. The summed E-state index contributed by atoms with van der Waals surface area (Å²) in [5.74, 6) is -1.91. The van der Waals surface area contributed by atoms with Crippen molar-refractivity contribution in [1.82, 2.24) is 5.32 Å². The molecule has 1 unspecified atom stereocenters. The molecule has 0 saturated carbocycles. The van der Waals surface area contributed by atoms with Crippen molar-refractivity contribution in [1.29, 1.82) is 0 Å². The van der Waals surface area contributed by atoms with Gasteiger partial charge in [-0.3, -0.25) is 4.79 Å². The van der Waals surface area contributed by atoms with Gasteiger partial charge in [-0.05, 0) is 18.6 Å². The number of carbonyl (C=O) groups is 1. The van der Waals surface area contributed by atoms with E-state index in [1.54, 1.807) is 0 Å². The molecule has 1 N–H and O–H groups in total. The number of alkyl halides is 1. The third-order valence-corrected chi connectivity index (χ3v) is 2.56. The summed E-state index contributed by atoms with van der Waals surface area (Å²) >= 11 is 5.60. The van der Waals surface area contributed by atoms with Crippen molar-refractivity contribution < 1.29 is 13.6 Å². The zero-order valence-corrected chi connectivity index (χ0v) is 9.52. The zero-order chi connectivity index (χ0) is 12.1. The third-order valence-electron chi connectivity index (χ3n) is 2.19. The van der Waals surface area contributed by atoms with Gasteiger partial charge in [0.2, 0.25) is 0 Å². The predicted molar refractivity (Wildman–Crippen MR) is 58.6 cm³/mol. The molecule has 0 aromatic heterocycles. The van der Waals surface area contributed by atoms with Crippen LogP contribution in [0.4, 0.5) is 8.78 Å². The van der Waals surface area contributed by atoms with Gasteiger partial charge in [0, 0.05) is 18.0 Å². The normalized spacial score (nSPS) is 12.2. The van der Waals surface area contributed by atoms with E-state index in [4.69, 9.17) is 11.6 Å². The van der Waals surface area contributed by atoms with Crippen LogP contribution in [0.15, 0.2) is 18.2 Å². The van der Waals surface area contributed by atoms with E-state index >= 15 is 0 Å². The summed E-state index contributed by atoms with van der Waals surface area (Å²) in [6.07, 6.45) is 0.651. The average molecular weight is 248 g/mol. The summed E-state index contributed by atoms with van der Waals surface area (Å²) < 4.78 is 25.8. The molecule has 0 bridgehead atoms. The smallest absolute Gasteiger partial charge is 0.254 e. The lowest BCUT2D eigenvalue weighted by Crippen LogP contribution is -2.36. The maximum atomic E-state index is 13.2. The second-order valence-electron chi connectivity index (χ2n) is 3.36. The van der Waals surface area contributed by atoms with Gasteiger partial charge in [-0.15, -0.1) is 11.6 Å². The minimum absolute atomic E-state index is 0.176. The average Bonchev–Trinajstić information content (AvgIpc) is 2.25. The molecule has 0 spiro atoms. The lowest BCUT2D eigenvalue weighted by atomic mass is 10.1. The van der Waals surface area contributed by atoms with Crippen molar-refractivity contribution in [2.75, 3.05) is 5.88 Å². The topological polar surface area (TPSA) is 29.1 Å². The number of nitrogens with one attached hydrogen (secondary N) is 1. The Morgan fingerprint density at radius 3 is 2.69 bits per heavy atom. The van der Waals surface area contributed by atoms with Crippen LogP contribution in [0, 0.1) is 11.6 Å². The summed E-state index contributed by atoms with van der Waals surface area (Å²) in [6, 6.07) is 2.62. The first kappa shape index (κ1) is 12.9. The molecule has 2 nitrogen and oxygen atoms in total. The molecule has 5 heteroatoms. The molecule has 1 rings (SSSR count). The van der Waals surface area contributed by atoms with E-state index in [0.717, 1.165) is 12.1 Å². The Kier molecular flexibility index (Phi) is 4.68. The van der Waals surface area contributed by atoms with E-state index < -0.39 is 17.5 Å². The number of halogens is 3. The quantitative estimate of drug-likeness (QED) is 0.815. The van der Waals surface area contributed by atoms with E-state index in [1.165, 1.54) is 0 Å². The van der Waals surface area contributed by atoms with E-state index in [2.05, 4.69) is 5.32 Å². The van der Waals surface area contributed by atoms with Crippen molar-refractivity contribution in [3.05, 3.63) is 35.4 Å². The van der Waals surface area contributed by atoms with E-state index in [0.29, 0.717) is 12.5 Å². The highest BCUT2D eigenvalue weighted by Gasteiger charge is 2.15. The van der Waals surface area contributed by atoms with Crippen molar-refractivity contribution >= 4 is 17.5 Å². The molecule has 0 heterocycles. The Morgan fingerprint density at radius 2 is 2.19 bits per heavy atom. The van der Waals surface area contributed by atoms with Crippen molar-refractivity contribution in [2.45, 2.75) is 19.4 Å². The van der Waals surface area contributed by atoms with Crippen LogP contribution < -0.4 is 5.32 Å². The molecule has 0 saturated heterocycles. The van der Waals surface area contributed by atoms with Gasteiger partial charge in [0.15, 0.2) is 0 Å². The van der Waals surface area contributed by atoms with Crippen molar-refractivity contribution in [3.8, 4) is 0 Å². The van der Waals surface area contributed by atoms with Crippen LogP contribution in [0.3, 0.4) is 0 Å². The SMILES string of the molecule is CCC(CCl)NC(=O)c1ccc(F)cc1F. The maximum Gasteiger partial charge on any atom is 0.254 e. The van der Waals surface area contributed by atoms with Gasteiger partial charge >= 0.3 is 0 Å². The first-order chi connectivity index (χ1) is 7.58. The van der Waals surface area contributed by atoms with Crippen LogP contribution in [0.5, 0.6) is 0 Å². The van der Waals surface area contributed by atoms with Crippen LogP contribution in [0.1, 0.15) is 23.7 Å². The summed E-state index contributed by atoms with van der Waals surface area (Å²) in [7, 11) is 0. The van der Waals surface area contributed by atoms with Gasteiger partial charge in [-0.2, -0.15) is 0 Å². The molecule has 16 heavy (non-hydrogen) atoms. The highest BCUT2D eigenvalue weighted by Crippen LogP contribution is 2.10. The van der Waals surface area contributed by atoms with Gasteiger partial charge in [-0.25, -0.2) is 8.78 Å². The van der Waals surface area contributed by atoms with Crippen molar-refractivity contribution in [3.63, 3.8) is 0 Å². The maximum absolute atomic E-state index is 13.2. The number of benzene rings is 1. The van der Waals surface area contributed by atoms with Gasteiger partial charge in [0.1, 0.15) is 11.6 Å². The van der Waals surface area contributed by atoms with E-state index in [-0.39, 0.29) is 17.5 Å². The van der Waals surface area contributed by atoms with Crippen molar-refractivity contribution in [2.24, 2.45) is 0 Å². The Labute approximate surface area is 97.6 Å². The molecule has 0 aliphatic rings. The fraction of sp³-hybridized carbons (Fsp3) is 0.364. The molecule has 1 atom stereocenters. The largest absolute Gasteiger partial charge is 0.348 e. The third kappa shape index (κ3) is 3.17. The molecule has 1 aromatic carbocycles. The monoisotopic (exact) mass is 247 g/mol. The summed E-state index contributed by atoms with van der Waals surface area (Å²) in [5, 5.41) is 2.56. The molecule has 1 aromatic rings. The van der Waals surface area contributed by atoms with E-state index in [9.17, 15) is 13.6 Å². The number of carbonyl (C=O) groups excluding carboxylic acids is 1. The lowest BCUT2D eigenvalue weighted by molar-refractivity contribution is 0.0935. The molecule has 0 fully saturated rings. The van der Waals surface area contributed by atoms with Crippen LogP contribution in [-0.2, 0) is 0 Å². The Bertz CT molecular complexity index is 380. The Balaban J connectivity index is 2.80. The fourth-order valence-corrected chi connectivity index (χ4v) is 1.48. The first-order valence-electron chi connectivity index (χ1n) is 4.90. The van der Waals surface area contributed by atoms with Crippen LogP contribution in [0.25, 0.3) is 0 Å². The number of hydrogen-bond donors (Lipinski definition) is 1. The lowest BCUT2D eigenvalue weighted by Gasteiger charge is -2.13. The minimum atomic E-state index is -0.873. The Hall–Kier alpha value is -1.16. The molecule has 0 aliphatic carbocycles. The number of rotatable bonds is 4. The van der Waals surface area contributed by atoms with Crippen LogP contribution >= 0.6 is 11.6 Å². The summed E-state index contributed by atoms with van der Waals surface area (Å²) in [5.41, 5.74) is -0.176. The zero-order valence-electron chi connectivity index (χ0n) is 8.77. The second-order valence-corrected chi connectivity index (χ2v) is 3.67. The first-order valence-corrected chi connectivity index (χ1v) is 5.43. The standard InChI is InChI=1S/C11H12ClF2NO/c1-2-8(6-12)15-11(16)9-4-3-7(13)5-10(9)14/h3-5,8H,2,6H2,1H3,(H,15,16). The molecular formula is C11H12ClF2NO. The number of amides is 1. The summed E-state index contributed by atoms with van der Waals surface area (Å²) in [6.45, 7) is 1.86. The minimum Gasteiger partial charge on any atom is -0.348 e. The molecular weight excluding hydrogens is 236 g/mol. The highest BCUT2D eigenvalue weighted by molar-refractivity contribution is 6.18. The Morgan fingerprint density at radius 1 is 1.50 bits per heavy atom. The highest BCUT2D eigenvalue weighted by atomic mass is 35.5. The van der Waals surface area contributed by atoms with Gasteiger partial charge < -0.3 is 5.32 Å². The second kappa shape index (κ2) is 5.80. The van der Waals surface area contributed by atoms with Crippen LogP contribution in [0.2, 0.25) is 0 Å². The predicted octanol–water partition coefficient (Wildman–Crippen LogP) is 2.71. The van der Waals surface area contributed by atoms with Gasteiger partial charge in [0.05, 0.1) is 5.56 Å². The molecule has 0 aliphatic heterocycles. The molecule has 1 amide bonds. The summed E-state index contributed by atoms with van der Waals surface area (Å²) in [4.78, 5) is 11.6. The van der Waals surface area contributed by atoms with Crippen LogP contribution in [-0.4, -0.2) is 17.8 Å². The van der Waals surface area contributed by atoms with E-state index in [1.807, 2.05) is 6.92 Å². The molecule has 88 valence electrons. The molecule has 0 radical (unpaired) electrons.